The number of nitrogens with zero attached hydrogens (tertiary/aromatic N) is 1. The second-order valence-electron chi connectivity index (χ2n) is 7.01. The van der Waals surface area contributed by atoms with E-state index in [-0.39, 0.29) is 12.2 Å². The van der Waals surface area contributed by atoms with E-state index in [0.717, 1.165) is 10.5 Å². The summed E-state index contributed by atoms with van der Waals surface area (Å²) in [6.45, 7) is 6.26. The molecule has 0 unspecified atom stereocenters. The van der Waals surface area contributed by atoms with Crippen LogP contribution in [0.5, 0.6) is 5.75 Å². The summed E-state index contributed by atoms with van der Waals surface area (Å²) < 4.78 is 34.6. The van der Waals surface area contributed by atoms with Crippen LogP contribution in [0.1, 0.15) is 19.4 Å². The fourth-order valence-electron chi connectivity index (χ4n) is 3.37. The number of hydrogen-bond donors (Lipinski definition) is 0. The first-order valence-corrected chi connectivity index (χ1v) is 10.2. The van der Waals surface area contributed by atoms with Crippen LogP contribution in [0.4, 0.5) is 0 Å². The maximum atomic E-state index is 13.0. The number of carbonyl (C=O) groups is 2. The summed E-state index contributed by atoms with van der Waals surface area (Å²) in [4.78, 5) is 26.1. The van der Waals surface area contributed by atoms with Gasteiger partial charge in [0.2, 0.25) is 0 Å². The Morgan fingerprint density at radius 2 is 1.96 bits per heavy atom. The molecule has 1 aromatic rings. The third-order valence-corrected chi connectivity index (χ3v) is 7.75. The van der Waals surface area contributed by atoms with Gasteiger partial charge < -0.3 is 14.4 Å². The van der Waals surface area contributed by atoms with Crippen LogP contribution in [-0.2, 0) is 24.2 Å². The van der Waals surface area contributed by atoms with Crippen molar-refractivity contribution in [3.8, 4) is 5.75 Å². The van der Waals surface area contributed by atoms with Crippen LogP contribution in [0.25, 0.3) is 6.08 Å². The first-order valence-electron chi connectivity index (χ1n) is 8.61. The SMILES string of the molecule is C=CCOC(=O)[C@@H]1N2C(=O)C(=C=Cc3ccc(OC)cc3)[C@H]2S(=O)(=O)C1(C)C. The number of ether oxygens (including phenoxy) is 2. The van der Waals surface area contributed by atoms with Crippen LogP contribution in [-0.4, -0.2) is 55.1 Å². The molecule has 0 spiro atoms. The van der Waals surface area contributed by atoms with E-state index in [1.54, 1.807) is 31.4 Å². The van der Waals surface area contributed by atoms with E-state index >= 15 is 0 Å². The number of amides is 1. The van der Waals surface area contributed by atoms with Gasteiger partial charge in [-0.15, -0.1) is 5.73 Å². The number of esters is 1. The van der Waals surface area contributed by atoms with Crippen molar-refractivity contribution in [2.45, 2.75) is 30.0 Å². The van der Waals surface area contributed by atoms with Gasteiger partial charge >= 0.3 is 5.97 Å². The predicted molar refractivity (Wildman–Crippen MR) is 103 cm³/mol. The molecular weight excluding hydrogens is 382 g/mol. The van der Waals surface area contributed by atoms with Crippen molar-refractivity contribution in [2.24, 2.45) is 0 Å². The molecule has 28 heavy (non-hydrogen) atoms. The lowest BCUT2D eigenvalue weighted by atomic mass is 9.96. The quantitative estimate of drug-likeness (QED) is 0.244. The zero-order valence-corrected chi connectivity index (χ0v) is 16.7. The van der Waals surface area contributed by atoms with Crippen molar-refractivity contribution in [1.29, 1.82) is 0 Å². The Balaban J connectivity index is 1.97. The first kappa shape index (κ1) is 19.9. The zero-order chi connectivity index (χ0) is 20.7. The van der Waals surface area contributed by atoms with Gasteiger partial charge in [0.25, 0.3) is 5.91 Å². The number of hydrogen-bond acceptors (Lipinski definition) is 6. The molecule has 148 valence electrons. The summed E-state index contributed by atoms with van der Waals surface area (Å²) in [6, 6.07) is 5.80. The topological polar surface area (TPSA) is 90.0 Å². The summed E-state index contributed by atoms with van der Waals surface area (Å²) in [6.07, 6.45) is 2.92. The van der Waals surface area contributed by atoms with Crippen LogP contribution in [0, 0.1) is 0 Å². The number of methoxy groups -OCH3 is 1. The highest BCUT2D eigenvalue weighted by Crippen LogP contribution is 2.48. The molecule has 2 saturated heterocycles. The third kappa shape index (κ3) is 2.85. The van der Waals surface area contributed by atoms with Gasteiger partial charge in [-0.1, -0.05) is 24.8 Å². The van der Waals surface area contributed by atoms with Crippen LogP contribution in [0.2, 0.25) is 0 Å². The van der Waals surface area contributed by atoms with E-state index < -0.39 is 37.9 Å². The Bertz CT molecular complexity index is 1000. The summed E-state index contributed by atoms with van der Waals surface area (Å²) >= 11 is 0. The highest BCUT2D eigenvalue weighted by atomic mass is 32.2. The van der Waals surface area contributed by atoms with Crippen molar-refractivity contribution in [1.82, 2.24) is 4.90 Å². The summed E-state index contributed by atoms with van der Waals surface area (Å²) in [7, 11) is -2.29. The average Bonchev–Trinajstić information content (AvgIpc) is 2.81. The monoisotopic (exact) mass is 403 g/mol. The molecule has 0 aliphatic carbocycles. The standard InChI is InChI=1S/C20H21NO6S/c1-5-12-27-19(23)16-20(2,3)28(24,25)18-15(17(22)21(16)18)11-8-13-6-9-14(26-4)10-7-13/h5-10,16,18H,1,12H2,2-4H3/t11?,16-,18+/m0/s1. The van der Waals surface area contributed by atoms with E-state index in [2.05, 4.69) is 12.3 Å². The largest absolute Gasteiger partial charge is 0.497 e. The minimum absolute atomic E-state index is 0.0166. The molecule has 7 nitrogen and oxygen atoms in total. The molecule has 2 fully saturated rings. The molecule has 1 amide bonds. The fourth-order valence-corrected chi connectivity index (χ4v) is 5.46. The maximum absolute atomic E-state index is 13.0. The minimum atomic E-state index is -3.84. The molecule has 0 bridgehead atoms. The second-order valence-corrected chi connectivity index (χ2v) is 9.60. The number of rotatable bonds is 5. The Morgan fingerprint density at radius 3 is 2.54 bits per heavy atom. The Morgan fingerprint density at radius 1 is 1.32 bits per heavy atom. The van der Waals surface area contributed by atoms with Gasteiger partial charge in [0.1, 0.15) is 17.1 Å². The van der Waals surface area contributed by atoms with Crippen LogP contribution in [0.15, 0.2) is 48.2 Å². The Hall–Kier alpha value is -2.83. The lowest BCUT2D eigenvalue weighted by Crippen LogP contribution is -2.59. The molecular formula is C20H21NO6S. The molecule has 1 aromatic carbocycles. The molecule has 0 saturated carbocycles. The highest BCUT2D eigenvalue weighted by Gasteiger charge is 2.70. The van der Waals surface area contributed by atoms with Gasteiger partial charge in [0.15, 0.2) is 21.3 Å². The lowest BCUT2D eigenvalue weighted by Gasteiger charge is -2.37. The number of fused-ring (bicyclic) bond motifs is 1. The van der Waals surface area contributed by atoms with Gasteiger partial charge in [0.05, 0.1) is 12.7 Å². The van der Waals surface area contributed by atoms with E-state index in [1.807, 2.05) is 0 Å². The second kappa shape index (κ2) is 6.96. The number of sulfone groups is 1. The van der Waals surface area contributed by atoms with Gasteiger partial charge in [-0.2, -0.15) is 0 Å². The number of β-lactam (4-membered cyclic amide) rings is 1. The molecule has 2 aliphatic heterocycles. The molecule has 2 heterocycles. The summed E-state index contributed by atoms with van der Waals surface area (Å²) in [5.74, 6) is -0.622. The highest BCUT2D eigenvalue weighted by molar-refractivity contribution is 7.94. The maximum Gasteiger partial charge on any atom is 0.330 e. The van der Waals surface area contributed by atoms with Crippen molar-refractivity contribution in [3.63, 3.8) is 0 Å². The van der Waals surface area contributed by atoms with E-state index in [0.29, 0.717) is 5.75 Å². The molecule has 8 heteroatoms. The van der Waals surface area contributed by atoms with Crippen LogP contribution < -0.4 is 4.74 Å². The van der Waals surface area contributed by atoms with Crippen molar-refractivity contribution >= 4 is 27.8 Å². The van der Waals surface area contributed by atoms with E-state index in [4.69, 9.17) is 9.47 Å². The molecule has 0 N–H and O–H groups in total. The van der Waals surface area contributed by atoms with Gasteiger partial charge in [0, 0.05) is 0 Å². The Labute approximate surface area is 163 Å². The molecule has 0 aromatic heterocycles. The van der Waals surface area contributed by atoms with E-state index in [1.165, 1.54) is 26.0 Å². The van der Waals surface area contributed by atoms with Crippen LogP contribution in [0.3, 0.4) is 0 Å². The van der Waals surface area contributed by atoms with Crippen molar-refractivity contribution in [2.75, 3.05) is 13.7 Å². The molecule has 2 atom stereocenters. The molecule has 2 aliphatic rings. The predicted octanol–water partition coefficient (Wildman–Crippen LogP) is 1.71. The van der Waals surface area contributed by atoms with Gasteiger partial charge in [-0.25, -0.2) is 13.2 Å². The summed E-state index contributed by atoms with van der Waals surface area (Å²) in [5, 5.41) is -1.20. The van der Waals surface area contributed by atoms with Gasteiger partial charge in [-0.3, -0.25) is 4.79 Å². The first-order chi connectivity index (χ1) is 13.2. The molecule has 3 rings (SSSR count). The fraction of sp³-hybridized carbons (Fsp3) is 0.350. The molecule has 0 radical (unpaired) electrons. The van der Waals surface area contributed by atoms with Gasteiger partial charge in [-0.05, 0) is 37.6 Å². The lowest BCUT2D eigenvalue weighted by molar-refractivity contribution is -0.156. The number of benzene rings is 1. The van der Waals surface area contributed by atoms with Crippen molar-refractivity contribution in [3.05, 3.63) is 53.8 Å². The van der Waals surface area contributed by atoms with E-state index in [9.17, 15) is 18.0 Å². The zero-order valence-electron chi connectivity index (χ0n) is 15.8. The third-order valence-electron chi connectivity index (χ3n) is 5.01. The normalized spacial score (nSPS) is 23.9. The van der Waals surface area contributed by atoms with Crippen LogP contribution >= 0.6 is 0 Å². The summed E-state index contributed by atoms with van der Waals surface area (Å²) in [5.41, 5.74) is 3.55. The Kier molecular flexibility index (Phi) is 4.95. The minimum Gasteiger partial charge on any atom is -0.497 e. The average molecular weight is 403 g/mol. The van der Waals surface area contributed by atoms with Crippen molar-refractivity contribution < 1.29 is 27.5 Å². The number of carbonyl (C=O) groups excluding carboxylic acids is 2. The smallest absolute Gasteiger partial charge is 0.330 e.